The summed E-state index contributed by atoms with van der Waals surface area (Å²) in [5.74, 6) is -1.55. The number of aromatic nitrogens is 1. The molecule has 2 amide bonds. The number of rotatable bonds is 8. The van der Waals surface area contributed by atoms with Crippen LogP contribution in [0.5, 0.6) is 0 Å². The second-order valence-electron chi connectivity index (χ2n) is 6.90. The molecule has 0 fully saturated rings. The molecule has 0 bridgehead atoms. The number of fused-ring (bicyclic) bond motifs is 1. The topological polar surface area (TPSA) is 114 Å². The van der Waals surface area contributed by atoms with E-state index in [4.69, 9.17) is 10.5 Å². The molecule has 1 atom stereocenters. The van der Waals surface area contributed by atoms with Crippen LogP contribution in [-0.4, -0.2) is 35.4 Å². The average molecular weight is 358 g/mol. The van der Waals surface area contributed by atoms with Crippen molar-refractivity contribution in [1.29, 1.82) is 0 Å². The standard InChI is InChI=1S/C19H24N3O4/c1-19(2,3)17(18(25)21-9-8-15(20)23)26-16(24)10-12-11-22-14-7-5-4-6-13(12)14/h4-7,11,17,22H,1,8-10H2,2-3H3,(H2,20,23)(H,21,25)/t17-/m0/s1. The van der Waals surface area contributed by atoms with Crippen molar-refractivity contribution in [2.24, 2.45) is 11.1 Å². The van der Waals surface area contributed by atoms with Crippen molar-refractivity contribution in [2.75, 3.05) is 6.54 Å². The number of primary amides is 1. The number of para-hydroxylation sites is 1. The Morgan fingerprint density at radius 1 is 1.31 bits per heavy atom. The van der Waals surface area contributed by atoms with Crippen LogP contribution >= 0.6 is 0 Å². The highest BCUT2D eigenvalue weighted by Crippen LogP contribution is 2.24. The normalized spacial score (nSPS) is 12.6. The minimum Gasteiger partial charge on any atom is -0.451 e. The lowest BCUT2D eigenvalue weighted by molar-refractivity contribution is -0.161. The van der Waals surface area contributed by atoms with Gasteiger partial charge in [0.05, 0.1) is 6.42 Å². The van der Waals surface area contributed by atoms with Gasteiger partial charge in [-0.1, -0.05) is 32.0 Å². The second kappa shape index (κ2) is 8.03. The molecule has 0 unspecified atom stereocenters. The Morgan fingerprint density at radius 2 is 2.00 bits per heavy atom. The molecule has 0 spiro atoms. The lowest BCUT2D eigenvalue weighted by Crippen LogP contribution is -2.46. The van der Waals surface area contributed by atoms with E-state index in [-0.39, 0.29) is 19.4 Å². The smallest absolute Gasteiger partial charge is 0.311 e. The number of aromatic amines is 1. The largest absolute Gasteiger partial charge is 0.451 e. The number of benzene rings is 1. The van der Waals surface area contributed by atoms with Crippen molar-refractivity contribution < 1.29 is 19.1 Å². The van der Waals surface area contributed by atoms with Crippen molar-refractivity contribution >= 4 is 28.7 Å². The molecule has 1 aromatic carbocycles. The van der Waals surface area contributed by atoms with Gasteiger partial charge in [0.1, 0.15) is 0 Å². The summed E-state index contributed by atoms with van der Waals surface area (Å²) in [7, 11) is 0. The van der Waals surface area contributed by atoms with Crippen molar-refractivity contribution in [3.05, 3.63) is 42.9 Å². The molecular formula is C19H24N3O4. The molecule has 0 aliphatic carbocycles. The number of carbonyl (C=O) groups excluding carboxylic acids is 3. The first-order valence-corrected chi connectivity index (χ1v) is 8.34. The summed E-state index contributed by atoms with van der Waals surface area (Å²) in [6, 6.07) is 7.61. The number of hydrogen-bond acceptors (Lipinski definition) is 4. The van der Waals surface area contributed by atoms with Gasteiger partial charge in [0.25, 0.3) is 5.91 Å². The van der Waals surface area contributed by atoms with Crippen LogP contribution in [0.4, 0.5) is 0 Å². The SMILES string of the molecule is [CH2]C(C)(C)[C@@H](OC(=O)Cc1c[nH]c2ccccc12)C(=O)NCCC(N)=O. The molecule has 1 radical (unpaired) electrons. The minimum absolute atomic E-state index is 0.0132. The number of nitrogens with one attached hydrogen (secondary N) is 2. The first kappa shape index (κ1) is 19.5. The van der Waals surface area contributed by atoms with E-state index in [0.717, 1.165) is 16.5 Å². The van der Waals surface area contributed by atoms with Crippen LogP contribution in [0.3, 0.4) is 0 Å². The fourth-order valence-electron chi connectivity index (χ4n) is 2.58. The number of carbonyl (C=O) groups is 3. The van der Waals surface area contributed by atoms with Gasteiger partial charge >= 0.3 is 5.97 Å². The van der Waals surface area contributed by atoms with E-state index >= 15 is 0 Å². The van der Waals surface area contributed by atoms with E-state index in [1.54, 1.807) is 20.0 Å². The third-order valence-corrected chi connectivity index (χ3v) is 3.88. The highest BCUT2D eigenvalue weighted by atomic mass is 16.5. The maximum absolute atomic E-state index is 12.4. The quantitative estimate of drug-likeness (QED) is 0.620. The van der Waals surface area contributed by atoms with Gasteiger partial charge in [0, 0.05) is 35.5 Å². The zero-order chi connectivity index (χ0) is 19.3. The van der Waals surface area contributed by atoms with E-state index in [1.165, 1.54) is 0 Å². The molecule has 0 aliphatic heterocycles. The van der Waals surface area contributed by atoms with Crippen LogP contribution in [0.25, 0.3) is 10.9 Å². The Labute approximate surface area is 152 Å². The van der Waals surface area contributed by atoms with Crippen LogP contribution in [0.2, 0.25) is 0 Å². The zero-order valence-electron chi connectivity index (χ0n) is 15.0. The molecule has 2 rings (SSSR count). The van der Waals surface area contributed by atoms with Gasteiger partial charge in [-0.25, -0.2) is 0 Å². The van der Waals surface area contributed by atoms with Crippen molar-refractivity contribution in [3.63, 3.8) is 0 Å². The first-order chi connectivity index (χ1) is 12.2. The number of ether oxygens (including phenoxy) is 1. The maximum Gasteiger partial charge on any atom is 0.311 e. The van der Waals surface area contributed by atoms with Crippen LogP contribution in [0, 0.1) is 12.3 Å². The fraction of sp³-hybridized carbons (Fsp3) is 0.368. The number of nitrogens with two attached hydrogens (primary N) is 1. The van der Waals surface area contributed by atoms with E-state index in [0.29, 0.717) is 0 Å². The van der Waals surface area contributed by atoms with Crippen molar-refractivity contribution in [1.82, 2.24) is 10.3 Å². The lowest BCUT2D eigenvalue weighted by atomic mass is 9.88. The summed E-state index contributed by atoms with van der Waals surface area (Å²) in [4.78, 5) is 38.6. The molecule has 7 heteroatoms. The number of H-pyrrole nitrogens is 1. The van der Waals surface area contributed by atoms with Gasteiger partial charge in [0.15, 0.2) is 6.10 Å². The van der Waals surface area contributed by atoms with Crippen molar-refractivity contribution in [2.45, 2.75) is 32.8 Å². The highest BCUT2D eigenvalue weighted by molar-refractivity contribution is 5.89. The molecule has 1 heterocycles. The first-order valence-electron chi connectivity index (χ1n) is 8.34. The average Bonchev–Trinajstić information content (AvgIpc) is 2.94. The van der Waals surface area contributed by atoms with Gasteiger partial charge < -0.3 is 20.8 Å². The Bertz CT molecular complexity index is 804. The number of amides is 2. The van der Waals surface area contributed by atoms with Gasteiger partial charge in [-0.15, -0.1) is 0 Å². The summed E-state index contributed by atoms with van der Waals surface area (Å²) < 4.78 is 5.41. The molecule has 1 aromatic heterocycles. The third kappa shape index (κ3) is 5.08. The van der Waals surface area contributed by atoms with Crippen LogP contribution in [0.1, 0.15) is 25.8 Å². The predicted octanol–water partition coefficient (Wildman–Crippen LogP) is 1.47. The minimum atomic E-state index is -1.08. The van der Waals surface area contributed by atoms with Gasteiger partial charge in [-0.2, -0.15) is 0 Å². The van der Waals surface area contributed by atoms with Crippen molar-refractivity contribution in [3.8, 4) is 0 Å². The van der Waals surface area contributed by atoms with Crippen LogP contribution in [-0.2, 0) is 25.5 Å². The summed E-state index contributed by atoms with van der Waals surface area (Å²) in [5.41, 5.74) is 5.93. The summed E-state index contributed by atoms with van der Waals surface area (Å²) in [6.45, 7) is 7.38. The Balaban J connectivity index is 2.04. The molecule has 0 aliphatic rings. The van der Waals surface area contributed by atoms with Gasteiger partial charge in [0.2, 0.25) is 5.91 Å². The summed E-state index contributed by atoms with van der Waals surface area (Å²) in [5, 5.41) is 3.48. The van der Waals surface area contributed by atoms with Crippen LogP contribution in [0.15, 0.2) is 30.5 Å². The fourth-order valence-corrected chi connectivity index (χ4v) is 2.58. The molecule has 26 heavy (non-hydrogen) atoms. The number of hydrogen-bond donors (Lipinski definition) is 3. The molecule has 4 N–H and O–H groups in total. The number of esters is 1. The maximum atomic E-state index is 12.4. The van der Waals surface area contributed by atoms with Gasteiger partial charge in [-0.3, -0.25) is 14.4 Å². The van der Waals surface area contributed by atoms with E-state index < -0.39 is 29.3 Å². The highest BCUT2D eigenvalue weighted by Gasteiger charge is 2.35. The Hall–Kier alpha value is -2.83. The molecule has 0 saturated carbocycles. The lowest BCUT2D eigenvalue weighted by Gasteiger charge is -2.29. The molecular weight excluding hydrogens is 334 g/mol. The third-order valence-electron chi connectivity index (χ3n) is 3.88. The van der Waals surface area contributed by atoms with E-state index in [1.807, 2.05) is 24.3 Å². The molecule has 7 nitrogen and oxygen atoms in total. The van der Waals surface area contributed by atoms with E-state index in [9.17, 15) is 14.4 Å². The van der Waals surface area contributed by atoms with Gasteiger partial charge in [-0.05, 0) is 18.6 Å². The Morgan fingerprint density at radius 3 is 2.65 bits per heavy atom. The second-order valence-corrected chi connectivity index (χ2v) is 6.90. The zero-order valence-corrected chi connectivity index (χ0v) is 15.0. The Kier molecular flexibility index (Phi) is 6.02. The predicted molar refractivity (Wildman–Crippen MR) is 97.8 cm³/mol. The van der Waals surface area contributed by atoms with Crippen LogP contribution < -0.4 is 11.1 Å². The molecule has 0 saturated heterocycles. The summed E-state index contributed by atoms with van der Waals surface area (Å²) >= 11 is 0. The van der Waals surface area contributed by atoms with E-state index in [2.05, 4.69) is 17.2 Å². The molecule has 2 aromatic rings. The monoisotopic (exact) mass is 358 g/mol. The summed E-state index contributed by atoms with van der Waals surface area (Å²) in [6.07, 6.45) is 0.723. The molecule has 139 valence electrons.